The van der Waals surface area contributed by atoms with Crippen LogP contribution in [0.5, 0.6) is 0 Å². The molecule has 0 spiro atoms. The molecular formula is C15H24F3N5O. The minimum Gasteiger partial charge on any atom is -0.395 e. The first-order chi connectivity index (χ1) is 11.5. The molecule has 136 valence electrons. The van der Waals surface area contributed by atoms with Gasteiger partial charge in [-0.3, -0.25) is 4.90 Å². The number of aliphatic hydroxyl groups excluding tert-OH is 1. The Morgan fingerprint density at radius 3 is 2.67 bits per heavy atom. The average Bonchev–Trinajstić information content (AvgIpc) is 3.03. The lowest BCUT2D eigenvalue weighted by molar-refractivity contribution is -0.249. The predicted molar refractivity (Wildman–Crippen MR) is 81.2 cm³/mol. The molecule has 1 unspecified atom stereocenters. The number of hydrogen-bond acceptors (Lipinski definition) is 5. The molecule has 3 rings (SSSR count). The fourth-order valence-corrected chi connectivity index (χ4v) is 3.63. The van der Waals surface area contributed by atoms with Gasteiger partial charge in [-0.05, 0) is 45.3 Å². The molecule has 9 heteroatoms. The number of likely N-dealkylation sites (tertiary alicyclic amines) is 1. The van der Waals surface area contributed by atoms with Crippen LogP contribution >= 0.6 is 0 Å². The van der Waals surface area contributed by atoms with Gasteiger partial charge in [0.25, 0.3) is 0 Å². The van der Waals surface area contributed by atoms with Gasteiger partial charge < -0.3 is 10.4 Å². The van der Waals surface area contributed by atoms with Gasteiger partial charge in [-0.25, -0.2) is 4.68 Å². The summed E-state index contributed by atoms with van der Waals surface area (Å²) in [5, 5.41) is 20.8. The number of halogens is 3. The molecule has 0 saturated carbocycles. The van der Waals surface area contributed by atoms with Crippen molar-refractivity contribution < 1.29 is 18.3 Å². The van der Waals surface area contributed by atoms with Crippen LogP contribution in [-0.4, -0.2) is 64.0 Å². The summed E-state index contributed by atoms with van der Waals surface area (Å²) in [6, 6.07) is 0.257. The molecule has 2 aliphatic heterocycles. The molecule has 3 heterocycles. The maximum absolute atomic E-state index is 13.2. The van der Waals surface area contributed by atoms with Gasteiger partial charge >= 0.3 is 6.18 Å². The number of aliphatic hydroxyl groups is 1. The maximum Gasteiger partial charge on any atom is 0.396 e. The van der Waals surface area contributed by atoms with Crippen molar-refractivity contribution in [2.75, 3.05) is 32.8 Å². The number of rotatable bonds is 4. The van der Waals surface area contributed by atoms with Gasteiger partial charge in [-0.15, -0.1) is 5.10 Å². The average molecular weight is 347 g/mol. The third-order valence-electron chi connectivity index (χ3n) is 5.37. The van der Waals surface area contributed by atoms with Crippen molar-refractivity contribution in [3.63, 3.8) is 0 Å². The van der Waals surface area contributed by atoms with Gasteiger partial charge in [0.15, 0.2) is 0 Å². The van der Waals surface area contributed by atoms with Crippen molar-refractivity contribution in [1.82, 2.24) is 25.2 Å². The second-order valence-electron chi connectivity index (χ2n) is 6.88. The Morgan fingerprint density at radius 2 is 2.08 bits per heavy atom. The van der Waals surface area contributed by atoms with E-state index in [0.29, 0.717) is 19.6 Å². The molecule has 24 heavy (non-hydrogen) atoms. The summed E-state index contributed by atoms with van der Waals surface area (Å²) in [4.78, 5) is 1.99. The number of nitrogens with one attached hydrogen (secondary N) is 1. The molecule has 0 bridgehead atoms. The van der Waals surface area contributed by atoms with Crippen molar-refractivity contribution in [2.45, 2.75) is 44.4 Å². The number of piperidine rings is 2. The van der Waals surface area contributed by atoms with Crippen molar-refractivity contribution in [1.29, 1.82) is 0 Å². The van der Waals surface area contributed by atoms with Crippen molar-refractivity contribution in [3.05, 3.63) is 11.9 Å². The first-order valence-corrected chi connectivity index (χ1v) is 8.45. The Balaban J connectivity index is 1.62. The summed E-state index contributed by atoms with van der Waals surface area (Å²) in [7, 11) is 0. The summed E-state index contributed by atoms with van der Waals surface area (Å²) in [6.45, 7) is 2.19. The summed E-state index contributed by atoms with van der Waals surface area (Å²) in [5.74, 6) is 0. The zero-order valence-corrected chi connectivity index (χ0v) is 13.6. The Bertz CT molecular complexity index is 533. The van der Waals surface area contributed by atoms with Gasteiger partial charge in [0, 0.05) is 13.1 Å². The van der Waals surface area contributed by atoms with Gasteiger partial charge in [0.2, 0.25) is 0 Å². The molecule has 0 radical (unpaired) electrons. The van der Waals surface area contributed by atoms with E-state index in [1.54, 1.807) is 6.20 Å². The molecule has 0 amide bonds. The zero-order valence-electron chi connectivity index (χ0n) is 13.6. The van der Waals surface area contributed by atoms with Crippen LogP contribution < -0.4 is 5.32 Å². The summed E-state index contributed by atoms with van der Waals surface area (Å²) >= 11 is 0. The van der Waals surface area contributed by atoms with E-state index in [0.717, 1.165) is 31.6 Å². The Morgan fingerprint density at radius 1 is 1.33 bits per heavy atom. The van der Waals surface area contributed by atoms with Crippen LogP contribution in [0, 0.1) is 5.41 Å². The second kappa shape index (κ2) is 6.97. The minimum atomic E-state index is -4.36. The van der Waals surface area contributed by atoms with E-state index < -0.39 is 18.2 Å². The third kappa shape index (κ3) is 3.43. The number of hydrogen-bond donors (Lipinski definition) is 2. The van der Waals surface area contributed by atoms with Crippen LogP contribution in [0.2, 0.25) is 0 Å². The molecule has 1 aromatic rings. The smallest absolute Gasteiger partial charge is 0.395 e. The highest BCUT2D eigenvalue weighted by molar-refractivity contribution is 4.99. The molecule has 2 fully saturated rings. The molecule has 2 N–H and O–H groups in total. The predicted octanol–water partition coefficient (Wildman–Crippen LogP) is 1.34. The summed E-state index contributed by atoms with van der Waals surface area (Å²) in [5.41, 5.74) is -1.01. The fraction of sp³-hybridized carbons (Fsp3) is 0.867. The Labute approximate surface area is 139 Å². The van der Waals surface area contributed by atoms with E-state index in [9.17, 15) is 18.3 Å². The highest BCUT2D eigenvalue weighted by Crippen LogP contribution is 2.45. The standard InChI is InChI=1S/C15H24F3N5O/c16-15(17,18)14(11-24)3-6-22(7-4-14)10-13-9-20-21-23(13)12-2-1-5-19-8-12/h9,12,19,24H,1-8,10-11H2. The van der Waals surface area contributed by atoms with Crippen LogP contribution in [-0.2, 0) is 6.54 Å². The molecule has 2 aliphatic rings. The largest absolute Gasteiger partial charge is 0.396 e. The fourth-order valence-electron chi connectivity index (χ4n) is 3.63. The van der Waals surface area contributed by atoms with Crippen LogP contribution in [0.3, 0.4) is 0 Å². The van der Waals surface area contributed by atoms with Gasteiger partial charge in [-0.2, -0.15) is 13.2 Å². The van der Waals surface area contributed by atoms with E-state index in [1.165, 1.54) is 0 Å². The third-order valence-corrected chi connectivity index (χ3v) is 5.37. The Hall–Kier alpha value is -1.19. The molecule has 0 aliphatic carbocycles. The van der Waals surface area contributed by atoms with Crippen LogP contribution in [0.15, 0.2) is 6.20 Å². The van der Waals surface area contributed by atoms with E-state index in [1.807, 2.05) is 9.58 Å². The lowest BCUT2D eigenvalue weighted by Crippen LogP contribution is -2.50. The molecule has 0 aromatic carbocycles. The molecule has 6 nitrogen and oxygen atoms in total. The number of aromatic nitrogens is 3. The number of alkyl halides is 3. The van der Waals surface area contributed by atoms with Crippen molar-refractivity contribution in [3.8, 4) is 0 Å². The van der Waals surface area contributed by atoms with E-state index in [2.05, 4.69) is 15.6 Å². The Kier molecular flexibility index (Phi) is 5.12. The van der Waals surface area contributed by atoms with Crippen LogP contribution in [0.1, 0.15) is 37.4 Å². The monoisotopic (exact) mass is 347 g/mol. The van der Waals surface area contributed by atoms with E-state index >= 15 is 0 Å². The van der Waals surface area contributed by atoms with Crippen LogP contribution in [0.25, 0.3) is 0 Å². The minimum absolute atomic E-state index is 0.0699. The molecule has 1 aromatic heterocycles. The zero-order chi connectivity index (χ0) is 17.2. The highest BCUT2D eigenvalue weighted by atomic mass is 19.4. The van der Waals surface area contributed by atoms with Crippen LogP contribution in [0.4, 0.5) is 13.2 Å². The lowest BCUT2D eigenvalue weighted by atomic mass is 9.78. The number of nitrogens with zero attached hydrogens (tertiary/aromatic N) is 4. The summed E-state index contributed by atoms with van der Waals surface area (Å²) < 4.78 is 41.5. The van der Waals surface area contributed by atoms with Crippen molar-refractivity contribution in [2.24, 2.45) is 5.41 Å². The van der Waals surface area contributed by atoms with Gasteiger partial charge in [0.1, 0.15) is 0 Å². The normalized spacial score (nSPS) is 25.8. The van der Waals surface area contributed by atoms with E-state index in [-0.39, 0.29) is 18.9 Å². The van der Waals surface area contributed by atoms with Crippen molar-refractivity contribution >= 4 is 0 Å². The molecule has 2 saturated heterocycles. The first-order valence-electron chi connectivity index (χ1n) is 8.45. The SMILES string of the molecule is OCC1(C(F)(F)F)CCN(Cc2cnnn2C2CCCNC2)CC1. The first kappa shape index (κ1) is 17.6. The lowest BCUT2D eigenvalue weighted by Gasteiger charge is -2.41. The quantitative estimate of drug-likeness (QED) is 0.860. The summed E-state index contributed by atoms with van der Waals surface area (Å²) in [6.07, 6.45) is -0.681. The topological polar surface area (TPSA) is 66.2 Å². The second-order valence-corrected chi connectivity index (χ2v) is 6.88. The highest BCUT2D eigenvalue weighted by Gasteiger charge is 2.55. The van der Waals surface area contributed by atoms with Gasteiger partial charge in [-0.1, -0.05) is 5.21 Å². The van der Waals surface area contributed by atoms with E-state index in [4.69, 9.17) is 0 Å². The molecular weight excluding hydrogens is 323 g/mol. The van der Waals surface area contributed by atoms with Gasteiger partial charge in [0.05, 0.1) is 30.0 Å². The maximum atomic E-state index is 13.2. The molecule has 1 atom stereocenters.